The fraction of sp³-hybridized carbons (Fsp3) is 0.750. The Bertz CT molecular complexity index is 294. The third-order valence-electron chi connectivity index (χ3n) is 2.21. The fourth-order valence-electron chi connectivity index (χ4n) is 1.25. The van der Waals surface area contributed by atoms with Crippen molar-refractivity contribution in [1.29, 1.82) is 0 Å². The van der Waals surface area contributed by atoms with Gasteiger partial charge in [0.1, 0.15) is 0 Å². The second kappa shape index (κ2) is 9.83. The van der Waals surface area contributed by atoms with Gasteiger partial charge in [-0.05, 0) is 6.42 Å². The van der Waals surface area contributed by atoms with Crippen molar-refractivity contribution in [3.05, 3.63) is 16.1 Å². The summed E-state index contributed by atoms with van der Waals surface area (Å²) in [5, 5.41) is 3.09. The number of aromatic nitrogens is 1. The van der Waals surface area contributed by atoms with Gasteiger partial charge in [-0.2, -0.15) is 0 Å². The van der Waals surface area contributed by atoms with E-state index in [1.165, 1.54) is 6.42 Å². The van der Waals surface area contributed by atoms with E-state index in [1.54, 1.807) is 11.3 Å². The first-order valence-electron chi connectivity index (χ1n) is 6.01. The van der Waals surface area contributed by atoms with E-state index in [4.69, 9.17) is 21.1 Å². The van der Waals surface area contributed by atoms with E-state index in [9.17, 15) is 0 Å². The van der Waals surface area contributed by atoms with Crippen LogP contribution in [-0.2, 0) is 21.8 Å². The lowest BCUT2D eigenvalue weighted by Crippen LogP contribution is -2.07. The number of hydrogen-bond donors (Lipinski definition) is 0. The summed E-state index contributed by atoms with van der Waals surface area (Å²) >= 11 is 7.32. The summed E-state index contributed by atoms with van der Waals surface area (Å²) in [5.41, 5.74) is 0.953. The van der Waals surface area contributed by atoms with Crippen molar-refractivity contribution in [3.8, 4) is 0 Å². The summed E-state index contributed by atoms with van der Waals surface area (Å²) < 4.78 is 10.9. The number of ether oxygens (including phenoxy) is 2. The molecule has 98 valence electrons. The number of rotatable bonds is 10. The van der Waals surface area contributed by atoms with Gasteiger partial charge in [0, 0.05) is 18.4 Å². The lowest BCUT2D eigenvalue weighted by Gasteiger charge is -2.04. The zero-order valence-corrected chi connectivity index (χ0v) is 11.9. The van der Waals surface area contributed by atoms with E-state index in [-0.39, 0.29) is 0 Å². The zero-order valence-electron chi connectivity index (χ0n) is 10.3. The molecular weight excluding hydrogens is 258 g/mol. The van der Waals surface area contributed by atoms with Gasteiger partial charge in [-0.25, -0.2) is 4.98 Å². The molecule has 0 N–H and O–H groups in total. The van der Waals surface area contributed by atoms with Crippen LogP contribution in [0, 0.1) is 0 Å². The van der Waals surface area contributed by atoms with Crippen LogP contribution in [0.1, 0.15) is 30.5 Å². The molecule has 0 fully saturated rings. The zero-order chi connectivity index (χ0) is 12.3. The molecule has 0 unspecified atom stereocenters. The maximum atomic E-state index is 5.68. The number of halogens is 1. The molecule has 1 heterocycles. The maximum Gasteiger partial charge on any atom is 0.0951 e. The van der Waals surface area contributed by atoms with Crippen LogP contribution in [0.4, 0.5) is 0 Å². The highest BCUT2D eigenvalue weighted by Gasteiger charge is 2.00. The summed E-state index contributed by atoms with van der Waals surface area (Å²) in [4.78, 5) is 4.36. The maximum absolute atomic E-state index is 5.68. The minimum atomic E-state index is 0.489. The molecule has 0 bridgehead atoms. The standard InChI is InChI=1S/C12H20ClNO2S/c1-2-3-5-15-7-8-16-6-4-12-14-11(9-13)10-17-12/h10H,2-9H2,1H3. The number of thiazole rings is 1. The highest BCUT2D eigenvalue weighted by molar-refractivity contribution is 7.09. The lowest BCUT2D eigenvalue weighted by molar-refractivity contribution is 0.0478. The van der Waals surface area contributed by atoms with Crippen LogP contribution in [0.15, 0.2) is 5.38 Å². The quantitative estimate of drug-likeness (QED) is 0.486. The fourth-order valence-corrected chi connectivity index (χ4v) is 2.26. The van der Waals surface area contributed by atoms with Crippen LogP contribution >= 0.6 is 22.9 Å². The molecule has 0 aliphatic heterocycles. The SMILES string of the molecule is CCCCOCCOCCc1nc(CCl)cs1. The molecule has 0 aromatic carbocycles. The number of nitrogens with zero attached hydrogens (tertiary/aromatic N) is 1. The Morgan fingerprint density at radius 2 is 2.00 bits per heavy atom. The summed E-state index contributed by atoms with van der Waals surface area (Å²) in [6.07, 6.45) is 3.16. The van der Waals surface area contributed by atoms with Gasteiger partial charge >= 0.3 is 0 Å². The van der Waals surface area contributed by atoms with Crippen LogP contribution in [0.25, 0.3) is 0 Å². The van der Waals surface area contributed by atoms with E-state index < -0.39 is 0 Å². The first-order valence-corrected chi connectivity index (χ1v) is 7.43. The molecule has 0 amide bonds. The lowest BCUT2D eigenvalue weighted by atomic mass is 10.4. The summed E-state index contributed by atoms with van der Waals surface area (Å²) in [7, 11) is 0. The van der Waals surface area contributed by atoms with Crippen LogP contribution in [-0.4, -0.2) is 31.4 Å². The Balaban J connectivity index is 1.93. The van der Waals surface area contributed by atoms with Gasteiger partial charge in [0.05, 0.1) is 36.4 Å². The summed E-state index contributed by atoms with van der Waals surface area (Å²) in [6.45, 7) is 5.04. The monoisotopic (exact) mass is 277 g/mol. The first kappa shape index (κ1) is 14.9. The summed E-state index contributed by atoms with van der Waals surface area (Å²) in [6, 6.07) is 0. The summed E-state index contributed by atoms with van der Waals surface area (Å²) in [5.74, 6) is 0.489. The largest absolute Gasteiger partial charge is 0.379 e. The molecule has 0 saturated carbocycles. The van der Waals surface area contributed by atoms with Crippen LogP contribution in [0.5, 0.6) is 0 Å². The Hall–Kier alpha value is -0.160. The molecule has 0 atom stereocenters. The van der Waals surface area contributed by atoms with Gasteiger partial charge in [-0.15, -0.1) is 22.9 Å². The van der Waals surface area contributed by atoms with Crippen molar-refractivity contribution >= 4 is 22.9 Å². The second-order valence-corrected chi connectivity index (χ2v) is 4.90. The average molecular weight is 278 g/mol. The molecule has 1 aromatic heterocycles. The highest BCUT2D eigenvalue weighted by atomic mass is 35.5. The average Bonchev–Trinajstić information content (AvgIpc) is 2.80. The minimum Gasteiger partial charge on any atom is -0.379 e. The number of hydrogen-bond acceptors (Lipinski definition) is 4. The van der Waals surface area contributed by atoms with Crippen molar-refractivity contribution in [2.24, 2.45) is 0 Å². The molecule has 0 aliphatic rings. The second-order valence-electron chi connectivity index (χ2n) is 3.69. The van der Waals surface area contributed by atoms with Crippen molar-refractivity contribution in [1.82, 2.24) is 4.98 Å². The predicted molar refractivity (Wildman–Crippen MR) is 71.9 cm³/mol. The van der Waals surface area contributed by atoms with Gasteiger partial charge in [-0.1, -0.05) is 13.3 Å². The molecule has 1 rings (SSSR count). The van der Waals surface area contributed by atoms with Crippen molar-refractivity contribution < 1.29 is 9.47 Å². The molecule has 0 aliphatic carbocycles. The van der Waals surface area contributed by atoms with Crippen molar-refractivity contribution in [2.75, 3.05) is 26.4 Å². The smallest absolute Gasteiger partial charge is 0.0951 e. The highest BCUT2D eigenvalue weighted by Crippen LogP contribution is 2.11. The number of unbranched alkanes of at least 4 members (excludes halogenated alkanes) is 1. The van der Waals surface area contributed by atoms with Gasteiger partial charge in [0.25, 0.3) is 0 Å². The first-order chi connectivity index (χ1) is 8.36. The van der Waals surface area contributed by atoms with E-state index in [2.05, 4.69) is 11.9 Å². The van der Waals surface area contributed by atoms with E-state index >= 15 is 0 Å². The van der Waals surface area contributed by atoms with Gasteiger partial charge in [0.2, 0.25) is 0 Å². The third kappa shape index (κ3) is 6.99. The predicted octanol–water partition coefficient (Wildman–Crippen LogP) is 3.26. The van der Waals surface area contributed by atoms with Crippen LogP contribution in [0.2, 0.25) is 0 Å². The van der Waals surface area contributed by atoms with Crippen molar-refractivity contribution in [2.45, 2.75) is 32.1 Å². The van der Waals surface area contributed by atoms with Crippen LogP contribution in [0.3, 0.4) is 0 Å². The molecule has 3 nitrogen and oxygen atoms in total. The number of alkyl halides is 1. The Morgan fingerprint density at radius 1 is 1.24 bits per heavy atom. The molecular formula is C12H20ClNO2S. The molecule has 17 heavy (non-hydrogen) atoms. The van der Waals surface area contributed by atoms with Crippen molar-refractivity contribution in [3.63, 3.8) is 0 Å². The molecule has 5 heteroatoms. The van der Waals surface area contributed by atoms with Gasteiger partial charge in [0.15, 0.2) is 0 Å². The molecule has 1 aromatic rings. The van der Waals surface area contributed by atoms with Gasteiger partial charge < -0.3 is 9.47 Å². The Morgan fingerprint density at radius 3 is 2.65 bits per heavy atom. The van der Waals surface area contributed by atoms with E-state index in [0.717, 1.165) is 30.2 Å². The third-order valence-corrected chi connectivity index (χ3v) is 3.44. The Kier molecular flexibility index (Phi) is 8.61. The van der Waals surface area contributed by atoms with E-state index in [1.807, 2.05) is 5.38 Å². The van der Waals surface area contributed by atoms with Crippen LogP contribution < -0.4 is 0 Å². The molecule has 0 spiro atoms. The normalized spacial score (nSPS) is 10.9. The molecule has 0 radical (unpaired) electrons. The Labute approximate surface area is 112 Å². The topological polar surface area (TPSA) is 31.4 Å². The molecule has 0 saturated heterocycles. The van der Waals surface area contributed by atoms with Gasteiger partial charge in [-0.3, -0.25) is 0 Å². The minimum absolute atomic E-state index is 0.489. The van der Waals surface area contributed by atoms with E-state index in [0.29, 0.717) is 25.7 Å².